The lowest BCUT2D eigenvalue weighted by Gasteiger charge is -2.24. The van der Waals surface area contributed by atoms with E-state index in [0.29, 0.717) is 37.7 Å². The summed E-state index contributed by atoms with van der Waals surface area (Å²) in [6, 6.07) is 2.52. The fraction of sp³-hybridized carbons (Fsp3) is 0.500. The van der Waals surface area contributed by atoms with Gasteiger partial charge in [-0.1, -0.05) is 0 Å². The summed E-state index contributed by atoms with van der Waals surface area (Å²) in [5, 5.41) is -0.427. The van der Waals surface area contributed by atoms with Gasteiger partial charge in [-0.05, 0) is 19.1 Å². The van der Waals surface area contributed by atoms with E-state index in [1.807, 2.05) is 0 Å². The van der Waals surface area contributed by atoms with E-state index in [-0.39, 0.29) is 11.6 Å². The minimum Gasteiger partial charge on any atom is -0.376 e. The van der Waals surface area contributed by atoms with Crippen LogP contribution in [-0.2, 0) is 16.0 Å². The molecule has 1 fully saturated rings. The summed E-state index contributed by atoms with van der Waals surface area (Å²) in [4.78, 5) is 4.31. The van der Waals surface area contributed by atoms with Crippen LogP contribution in [0.1, 0.15) is 18.1 Å². The SMILES string of the molecule is CC(Cl)c1nc2ccc(F)c(F)c2n1CC1COCCO1. The topological polar surface area (TPSA) is 36.3 Å². The number of rotatable bonds is 3. The van der Waals surface area contributed by atoms with Gasteiger partial charge in [-0.25, -0.2) is 13.8 Å². The van der Waals surface area contributed by atoms with E-state index in [1.54, 1.807) is 11.5 Å². The van der Waals surface area contributed by atoms with Gasteiger partial charge in [-0.15, -0.1) is 11.6 Å². The van der Waals surface area contributed by atoms with Gasteiger partial charge in [0.15, 0.2) is 11.6 Å². The van der Waals surface area contributed by atoms with Gasteiger partial charge in [0.2, 0.25) is 0 Å². The second-order valence-electron chi connectivity index (χ2n) is 4.99. The van der Waals surface area contributed by atoms with Crippen molar-refractivity contribution < 1.29 is 18.3 Å². The highest BCUT2D eigenvalue weighted by Crippen LogP contribution is 2.28. The predicted octanol–water partition coefficient (Wildman–Crippen LogP) is 3.03. The molecular formula is C14H15ClF2N2O2. The molecule has 0 spiro atoms. The highest BCUT2D eigenvalue weighted by molar-refractivity contribution is 6.20. The predicted molar refractivity (Wildman–Crippen MR) is 74.5 cm³/mol. The lowest BCUT2D eigenvalue weighted by Crippen LogP contribution is -2.32. The Labute approximate surface area is 125 Å². The van der Waals surface area contributed by atoms with Crippen molar-refractivity contribution in [3.05, 3.63) is 29.6 Å². The Morgan fingerprint density at radius 1 is 1.43 bits per heavy atom. The van der Waals surface area contributed by atoms with E-state index < -0.39 is 17.0 Å². The fourth-order valence-corrected chi connectivity index (χ4v) is 2.68. The Balaban J connectivity index is 2.08. The van der Waals surface area contributed by atoms with Crippen LogP contribution in [0.25, 0.3) is 11.0 Å². The molecule has 0 radical (unpaired) electrons. The van der Waals surface area contributed by atoms with Gasteiger partial charge in [0.05, 0.1) is 43.4 Å². The molecule has 0 amide bonds. The van der Waals surface area contributed by atoms with E-state index in [0.717, 1.165) is 6.07 Å². The van der Waals surface area contributed by atoms with Crippen LogP contribution in [0.5, 0.6) is 0 Å². The molecule has 3 rings (SSSR count). The lowest BCUT2D eigenvalue weighted by molar-refractivity contribution is -0.0934. The maximum Gasteiger partial charge on any atom is 0.184 e. The first-order valence-electron chi connectivity index (χ1n) is 6.75. The molecule has 0 bridgehead atoms. The third kappa shape index (κ3) is 2.75. The molecule has 2 atom stereocenters. The number of imidazole rings is 1. The van der Waals surface area contributed by atoms with Crippen LogP contribution in [0.3, 0.4) is 0 Å². The number of aromatic nitrogens is 2. The van der Waals surface area contributed by atoms with E-state index in [2.05, 4.69) is 4.98 Å². The largest absolute Gasteiger partial charge is 0.376 e. The maximum atomic E-state index is 14.1. The molecule has 7 heteroatoms. The zero-order valence-electron chi connectivity index (χ0n) is 11.5. The third-order valence-electron chi connectivity index (χ3n) is 3.46. The Bertz CT molecular complexity index is 654. The number of ether oxygens (including phenoxy) is 2. The number of alkyl halides is 1. The molecule has 4 nitrogen and oxygen atoms in total. The molecule has 0 aliphatic carbocycles. The van der Waals surface area contributed by atoms with Gasteiger partial charge in [0.1, 0.15) is 11.3 Å². The lowest BCUT2D eigenvalue weighted by atomic mass is 10.2. The molecule has 1 saturated heterocycles. The molecule has 1 aliphatic heterocycles. The van der Waals surface area contributed by atoms with E-state index in [4.69, 9.17) is 21.1 Å². The zero-order chi connectivity index (χ0) is 15.0. The van der Waals surface area contributed by atoms with E-state index >= 15 is 0 Å². The van der Waals surface area contributed by atoms with Crippen molar-refractivity contribution in [1.29, 1.82) is 0 Å². The number of fused-ring (bicyclic) bond motifs is 1. The van der Waals surface area contributed by atoms with E-state index in [1.165, 1.54) is 6.07 Å². The fourth-order valence-electron chi connectivity index (χ4n) is 2.51. The van der Waals surface area contributed by atoms with Crippen LogP contribution < -0.4 is 0 Å². The maximum absolute atomic E-state index is 14.1. The van der Waals surface area contributed by atoms with Gasteiger partial charge >= 0.3 is 0 Å². The Morgan fingerprint density at radius 2 is 2.24 bits per heavy atom. The molecule has 1 aliphatic rings. The molecule has 114 valence electrons. The summed E-state index contributed by atoms with van der Waals surface area (Å²) in [6.07, 6.45) is -0.229. The molecule has 2 aromatic rings. The van der Waals surface area contributed by atoms with Crippen LogP contribution >= 0.6 is 11.6 Å². The molecule has 0 saturated carbocycles. The van der Waals surface area contributed by atoms with Crippen LogP contribution in [-0.4, -0.2) is 35.5 Å². The van der Waals surface area contributed by atoms with Crippen LogP contribution in [0.4, 0.5) is 8.78 Å². The summed E-state index contributed by atoms with van der Waals surface area (Å²) in [5.74, 6) is -1.33. The summed E-state index contributed by atoms with van der Waals surface area (Å²) >= 11 is 6.12. The molecule has 2 unspecified atom stereocenters. The number of hydrogen-bond acceptors (Lipinski definition) is 3. The molecular weight excluding hydrogens is 302 g/mol. The van der Waals surface area contributed by atoms with Crippen molar-refractivity contribution in [1.82, 2.24) is 9.55 Å². The number of nitrogens with zero attached hydrogens (tertiary/aromatic N) is 2. The van der Waals surface area contributed by atoms with Gasteiger partial charge in [-0.3, -0.25) is 0 Å². The molecule has 21 heavy (non-hydrogen) atoms. The van der Waals surface area contributed by atoms with Crippen LogP contribution in [0.2, 0.25) is 0 Å². The number of halogens is 3. The van der Waals surface area contributed by atoms with Crippen molar-refractivity contribution in [2.75, 3.05) is 19.8 Å². The monoisotopic (exact) mass is 316 g/mol. The Kier molecular flexibility index (Phi) is 4.10. The number of benzene rings is 1. The first-order valence-corrected chi connectivity index (χ1v) is 7.19. The average molecular weight is 317 g/mol. The molecule has 2 heterocycles. The van der Waals surface area contributed by atoms with Gasteiger partial charge < -0.3 is 14.0 Å². The van der Waals surface area contributed by atoms with Crippen LogP contribution in [0, 0.1) is 11.6 Å². The van der Waals surface area contributed by atoms with E-state index in [9.17, 15) is 8.78 Å². The molecule has 1 aromatic carbocycles. The second kappa shape index (κ2) is 5.87. The number of hydrogen-bond donors (Lipinski definition) is 0. The summed E-state index contributed by atoms with van der Waals surface area (Å²) < 4.78 is 40.1. The van der Waals surface area contributed by atoms with Crippen molar-refractivity contribution in [3.8, 4) is 0 Å². The van der Waals surface area contributed by atoms with Gasteiger partial charge in [-0.2, -0.15) is 0 Å². The third-order valence-corrected chi connectivity index (χ3v) is 3.65. The second-order valence-corrected chi connectivity index (χ2v) is 5.65. The minimum absolute atomic E-state index is 0.117. The van der Waals surface area contributed by atoms with Crippen molar-refractivity contribution in [2.45, 2.75) is 24.9 Å². The highest BCUT2D eigenvalue weighted by Gasteiger charge is 2.23. The average Bonchev–Trinajstić information content (AvgIpc) is 2.84. The summed E-state index contributed by atoms with van der Waals surface area (Å²) in [7, 11) is 0. The zero-order valence-corrected chi connectivity index (χ0v) is 12.2. The molecule has 0 N–H and O–H groups in total. The Hall–Kier alpha value is -1.24. The normalized spacial score (nSPS) is 20.9. The first kappa shape index (κ1) is 14.7. The van der Waals surface area contributed by atoms with Crippen molar-refractivity contribution in [3.63, 3.8) is 0 Å². The minimum atomic E-state index is -0.916. The standard InChI is InChI=1S/C14H15ClF2N2O2/c1-8(15)14-18-11-3-2-10(16)12(17)13(11)19(14)6-9-7-20-4-5-21-9/h2-3,8-9H,4-7H2,1H3. The molecule has 1 aromatic heterocycles. The van der Waals surface area contributed by atoms with Gasteiger partial charge in [0, 0.05) is 0 Å². The summed E-state index contributed by atoms with van der Waals surface area (Å²) in [6.45, 7) is 3.50. The quantitative estimate of drug-likeness (QED) is 0.817. The van der Waals surface area contributed by atoms with Crippen LogP contribution in [0.15, 0.2) is 12.1 Å². The highest BCUT2D eigenvalue weighted by atomic mass is 35.5. The van der Waals surface area contributed by atoms with Gasteiger partial charge in [0.25, 0.3) is 0 Å². The summed E-state index contributed by atoms with van der Waals surface area (Å²) in [5.41, 5.74) is 0.500. The Morgan fingerprint density at radius 3 is 2.90 bits per heavy atom. The van der Waals surface area contributed by atoms with Crippen molar-refractivity contribution >= 4 is 22.6 Å². The first-order chi connectivity index (χ1) is 10.1. The van der Waals surface area contributed by atoms with Crippen molar-refractivity contribution in [2.24, 2.45) is 0 Å². The smallest absolute Gasteiger partial charge is 0.184 e.